The largest absolute Gasteiger partial charge is 0.497 e. The van der Waals surface area contributed by atoms with Crippen molar-refractivity contribution in [3.63, 3.8) is 0 Å². The van der Waals surface area contributed by atoms with Crippen LogP contribution in [-0.2, 0) is 12.0 Å². The molecule has 2 aromatic carbocycles. The zero-order valence-electron chi connectivity index (χ0n) is 12.2. The van der Waals surface area contributed by atoms with Gasteiger partial charge in [0.25, 0.3) is 0 Å². The van der Waals surface area contributed by atoms with Gasteiger partial charge in [0.15, 0.2) is 0 Å². The van der Waals surface area contributed by atoms with E-state index in [1.165, 1.54) is 5.56 Å². The Hall–Kier alpha value is -1.80. The van der Waals surface area contributed by atoms with E-state index < -0.39 is 5.60 Å². The van der Waals surface area contributed by atoms with Crippen LogP contribution in [0.15, 0.2) is 54.6 Å². The molecule has 2 aromatic rings. The van der Waals surface area contributed by atoms with Crippen LogP contribution in [-0.4, -0.2) is 12.2 Å². The maximum Gasteiger partial charge on any atom is 0.118 e. The summed E-state index contributed by atoms with van der Waals surface area (Å²) >= 11 is 0. The number of aryl methyl sites for hydroxylation is 1. The van der Waals surface area contributed by atoms with Crippen LogP contribution in [0.3, 0.4) is 0 Å². The van der Waals surface area contributed by atoms with Gasteiger partial charge in [-0.15, -0.1) is 0 Å². The molecule has 2 rings (SSSR count). The van der Waals surface area contributed by atoms with Gasteiger partial charge in [0.05, 0.1) is 12.7 Å². The second kappa shape index (κ2) is 6.58. The number of hydrogen-bond acceptors (Lipinski definition) is 2. The van der Waals surface area contributed by atoms with Crippen LogP contribution in [0.25, 0.3) is 0 Å². The molecule has 0 heterocycles. The van der Waals surface area contributed by atoms with Crippen LogP contribution in [0, 0.1) is 0 Å². The molecule has 0 fully saturated rings. The molecule has 2 nitrogen and oxygen atoms in total. The average molecular weight is 270 g/mol. The van der Waals surface area contributed by atoms with Crippen molar-refractivity contribution in [3.05, 3.63) is 65.7 Å². The van der Waals surface area contributed by atoms with E-state index in [4.69, 9.17) is 4.74 Å². The second-order valence-electron chi connectivity index (χ2n) is 5.34. The van der Waals surface area contributed by atoms with Crippen LogP contribution in [0.4, 0.5) is 0 Å². The summed E-state index contributed by atoms with van der Waals surface area (Å²) in [5.74, 6) is 0.814. The van der Waals surface area contributed by atoms with E-state index in [0.29, 0.717) is 0 Å². The van der Waals surface area contributed by atoms with Gasteiger partial charge < -0.3 is 9.84 Å². The fraction of sp³-hybridized carbons (Fsp3) is 0.333. The highest BCUT2D eigenvalue weighted by atomic mass is 16.5. The highest BCUT2D eigenvalue weighted by Gasteiger charge is 2.22. The molecule has 1 atom stereocenters. The Balaban J connectivity index is 1.92. The van der Waals surface area contributed by atoms with E-state index in [2.05, 4.69) is 24.3 Å². The normalized spacial score (nSPS) is 13.8. The minimum Gasteiger partial charge on any atom is -0.497 e. The summed E-state index contributed by atoms with van der Waals surface area (Å²) in [4.78, 5) is 0. The molecular formula is C18H22O2. The summed E-state index contributed by atoms with van der Waals surface area (Å²) in [6.07, 6.45) is 2.70. The van der Waals surface area contributed by atoms with Crippen molar-refractivity contribution < 1.29 is 9.84 Å². The zero-order valence-corrected chi connectivity index (χ0v) is 12.2. The van der Waals surface area contributed by atoms with Crippen molar-refractivity contribution in [2.45, 2.75) is 31.8 Å². The third kappa shape index (κ3) is 3.84. The first kappa shape index (κ1) is 14.6. The minimum atomic E-state index is -0.791. The van der Waals surface area contributed by atoms with Crippen LogP contribution < -0.4 is 4.74 Å². The molecule has 0 aliphatic rings. The van der Waals surface area contributed by atoms with Crippen molar-refractivity contribution in [1.82, 2.24) is 0 Å². The Morgan fingerprint density at radius 1 is 1.00 bits per heavy atom. The van der Waals surface area contributed by atoms with Crippen molar-refractivity contribution in [3.8, 4) is 5.75 Å². The third-order valence-electron chi connectivity index (χ3n) is 3.68. The smallest absolute Gasteiger partial charge is 0.118 e. The van der Waals surface area contributed by atoms with Crippen molar-refractivity contribution in [1.29, 1.82) is 0 Å². The Kier molecular flexibility index (Phi) is 4.80. The lowest BCUT2D eigenvalue weighted by Crippen LogP contribution is -2.21. The topological polar surface area (TPSA) is 29.5 Å². The number of rotatable bonds is 6. The molecule has 0 aliphatic carbocycles. The van der Waals surface area contributed by atoms with Gasteiger partial charge in [-0.25, -0.2) is 0 Å². The Labute approximate surface area is 121 Å². The maximum absolute atomic E-state index is 10.6. The summed E-state index contributed by atoms with van der Waals surface area (Å²) < 4.78 is 5.14. The van der Waals surface area contributed by atoms with Crippen molar-refractivity contribution in [2.24, 2.45) is 0 Å². The van der Waals surface area contributed by atoms with Gasteiger partial charge in [-0.1, -0.05) is 42.5 Å². The average Bonchev–Trinajstić information content (AvgIpc) is 2.48. The lowest BCUT2D eigenvalue weighted by molar-refractivity contribution is 0.0456. The van der Waals surface area contributed by atoms with Crippen LogP contribution >= 0.6 is 0 Å². The SMILES string of the molecule is COc1ccc(C(C)(O)CCCc2ccccc2)cc1. The summed E-state index contributed by atoms with van der Waals surface area (Å²) in [6, 6.07) is 18.0. The molecule has 0 radical (unpaired) electrons. The van der Waals surface area contributed by atoms with Gasteiger partial charge in [-0.05, 0) is 49.4 Å². The molecule has 2 heteroatoms. The number of methoxy groups -OCH3 is 1. The van der Waals surface area contributed by atoms with Gasteiger partial charge in [0.2, 0.25) is 0 Å². The van der Waals surface area contributed by atoms with Gasteiger partial charge in [0.1, 0.15) is 5.75 Å². The number of benzene rings is 2. The van der Waals surface area contributed by atoms with Gasteiger partial charge in [-0.3, -0.25) is 0 Å². The van der Waals surface area contributed by atoms with Crippen LogP contribution in [0.1, 0.15) is 30.9 Å². The monoisotopic (exact) mass is 270 g/mol. The molecule has 1 N–H and O–H groups in total. The minimum absolute atomic E-state index is 0.744. The van der Waals surface area contributed by atoms with E-state index in [0.717, 1.165) is 30.6 Å². The lowest BCUT2D eigenvalue weighted by atomic mass is 9.90. The zero-order chi connectivity index (χ0) is 14.4. The summed E-state index contributed by atoms with van der Waals surface area (Å²) in [6.45, 7) is 1.87. The van der Waals surface area contributed by atoms with Crippen LogP contribution in [0.2, 0.25) is 0 Å². The Bertz CT molecular complexity index is 515. The van der Waals surface area contributed by atoms with Crippen molar-refractivity contribution >= 4 is 0 Å². The molecule has 1 unspecified atom stereocenters. The van der Waals surface area contributed by atoms with E-state index in [1.54, 1.807) is 7.11 Å². The Morgan fingerprint density at radius 3 is 2.25 bits per heavy atom. The predicted octanol–water partition coefficient (Wildman–Crippen LogP) is 3.93. The number of ether oxygens (including phenoxy) is 1. The quantitative estimate of drug-likeness (QED) is 0.862. The van der Waals surface area contributed by atoms with Gasteiger partial charge >= 0.3 is 0 Å². The fourth-order valence-corrected chi connectivity index (χ4v) is 2.38. The van der Waals surface area contributed by atoms with E-state index in [9.17, 15) is 5.11 Å². The highest BCUT2D eigenvalue weighted by Crippen LogP contribution is 2.28. The van der Waals surface area contributed by atoms with Crippen LogP contribution in [0.5, 0.6) is 5.75 Å². The lowest BCUT2D eigenvalue weighted by Gasteiger charge is -2.24. The predicted molar refractivity (Wildman–Crippen MR) is 81.9 cm³/mol. The molecular weight excluding hydrogens is 248 g/mol. The maximum atomic E-state index is 10.6. The molecule has 0 saturated heterocycles. The third-order valence-corrected chi connectivity index (χ3v) is 3.68. The van der Waals surface area contributed by atoms with Crippen molar-refractivity contribution in [2.75, 3.05) is 7.11 Å². The summed E-state index contributed by atoms with van der Waals surface area (Å²) in [5.41, 5.74) is 1.46. The fourth-order valence-electron chi connectivity index (χ4n) is 2.38. The molecule has 0 spiro atoms. The summed E-state index contributed by atoms with van der Waals surface area (Å²) in [7, 11) is 1.65. The van der Waals surface area contributed by atoms with E-state index in [-0.39, 0.29) is 0 Å². The van der Waals surface area contributed by atoms with Gasteiger partial charge in [0, 0.05) is 0 Å². The Morgan fingerprint density at radius 2 is 1.65 bits per heavy atom. The second-order valence-corrected chi connectivity index (χ2v) is 5.34. The number of hydrogen-bond donors (Lipinski definition) is 1. The molecule has 0 bridgehead atoms. The highest BCUT2D eigenvalue weighted by molar-refractivity contribution is 5.30. The molecule has 0 saturated carbocycles. The van der Waals surface area contributed by atoms with E-state index >= 15 is 0 Å². The summed E-state index contributed by atoms with van der Waals surface area (Å²) in [5, 5.41) is 10.6. The molecule has 20 heavy (non-hydrogen) atoms. The first-order valence-electron chi connectivity index (χ1n) is 7.03. The first-order valence-corrected chi connectivity index (χ1v) is 7.03. The molecule has 0 amide bonds. The molecule has 0 aliphatic heterocycles. The van der Waals surface area contributed by atoms with Gasteiger partial charge in [-0.2, -0.15) is 0 Å². The van der Waals surface area contributed by atoms with E-state index in [1.807, 2.05) is 37.3 Å². The molecule has 0 aromatic heterocycles. The number of aliphatic hydroxyl groups is 1. The first-order chi connectivity index (χ1) is 9.62. The molecule has 106 valence electrons. The standard InChI is InChI=1S/C18H22O2/c1-18(19,16-10-12-17(20-2)13-11-16)14-6-9-15-7-4-3-5-8-15/h3-5,7-8,10-13,19H,6,9,14H2,1-2H3.